The first-order valence-corrected chi connectivity index (χ1v) is 6.55. The van der Waals surface area contributed by atoms with E-state index in [2.05, 4.69) is 12.2 Å². The van der Waals surface area contributed by atoms with E-state index >= 15 is 0 Å². The molecule has 0 fully saturated rings. The highest BCUT2D eigenvalue weighted by atomic mass is 16.3. The fraction of sp³-hybridized carbons (Fsp3) is 0.118. The Bertz CT molecular complexity index is 615. The van der Waals surface area contributed by atoms with Gasteiger partial charge in [0, 0.05) is 17.8 Å². The summed E-state index contributed by atoms with van der Waals surface area (Å²) in [4.78, 5) is 11.9. The van der Waals surface area contributed by atoms with Gasteiger partial charge < -0.3 is 10.4 Å². The van der Waals surface area contributed by atoms with Crippen LogP contribution in [-0.4, -0.2) is 10.9 Å². The number of hydrogen-bond acceptors (Lipinski definition) is 3. The van der Waals surface area contributed by atoms with Crippen LogP contribution in [0.4, 0.5) is 5.69 Å². The van der Waals surface area contributed by atoms with Gasteiger partial charge in [-0.3, -0.25) is 4.79 Å². The number of aromatic hydroxyl groups is 1. The molecular formula is C17H17NO2. The number of carbonyl (C=O) groups excluding carboxylic acids is 1. The molecule has 0 unspecified atom stereocenters. The van der Waals surface area contributed by atoms with Gasteiger partial charge in [0.25, 0.3) is 0 Å². The average molecular weight is 267 g/mol. The van der Waals surface area contributed by atoms with Gasteiger partial charge >= 0.3 is 0 Å². The van der Waals surface area contributed by atoms with Crippen LogP contribution in [0.15, 0.2) is 60.8 Å². The summed E-state index contributed by atoms with van der Waals surface area (Å²) in [5.74, 6) is 0.0764. The topological polar surface area (TPSA) is 49.3 Å². The highest BCUT2D eigenvalue weighted by Gasteiger charge is 2.01. The number of aryl methyl sites for hydroxylation is 1. The molecule has 0 atom stereocenters. The summed E-state index contributed by atoms with van der Waals surface area (Å²) < 4.78 is 0. The van der Waals surface area contributed by atoms with Crippen molar-refractivity contribution < 1.29 is 9.90 Å². The third-order valence-electron chi connectivity index (χ3n) is 3.02. The number of phenolic OH excluding ortho intramolecular Hbond substituents is 1. The number of rotatable bonds is 5. The third kappa shape index (κ3) is 3.48. The molecule has 0 aromatic heterocycles. The number of benzene rings is 2. The second-order valence-corrected chi connectivity index (χ2v) is 4.41. The van der Waals surface area contributed by atoms with Crippen molar-refractivity contribution in [2.75, 3.05) is 5.32 Å². The molecule has 2 N–H and O–H groups in total. The second-order valence-electron chi connectivity index (χ2n) is 4.41. The molecule has 0 saturated heterocycles. The minimum atomic E-state index is -0.0735. The molecule has 0 heterocycles. The molecule has 0 spiro atoms. The molecule has 0 saturated carbocycles. The molecule has 20 heavy (non-hydrogen) atoms. The highest BCUT2D eigenvalue weighted by molar-refractivity contribution is 6.04. The smallest absolute Gasteiger partial charge is 0.187 e. The fourth-order valence-corrected chi connectivity index (χ4v) is 1.80. The molecule has 2 aromatic carbocycles. The zero-order valence-electron chi connectivity index (χ0n) is 11.3. The molecule has 0 aliphatic carbocycles. The summed E-state index contributed by atoms with van der Waals surface area (Å²) in [7, 11) is 0. The van der Waals surface area contributed by atoms with Gasteiger partial charge in [-0.15, -0.1) is 0 Å². The van der Waals surface area contributed by atoms with Crippen LogP contribution in [0.5, 0.6) is 5.75 Å². The van der Waals surface area contributed by atoms with Gasteiger partial charge in [0.05, 0.1) is 5.69 Å². The molecule has 0 radical (unpaired) electrons. The maximum atomic E-state index is 11.9. The standard InChI is InChI=1S/C17H17NO2/c1-2-13-7-9-14(10-8-13)16(19)11-12-18-15-5-3-4-6-17(15)20/h3-12,18,20H,2H2,1H3. The number of nitrogens with one attached hydrogen (secondary N) is 1. The van der Waals surface area contributed by atoms with Crippen molar-refractivity contribution in [3.63, 3.8) is 0 Å². The van der Waals surface area contributed by atoms with Gasteiger partial charge in [0.1, 0.15) is 5.75 Å². The van der Waals surface area contributed by atoms with Gasteiger partial charge in [-0.25, -0.2) is 0 Å². The summed E-state index contributed by atoms with van der Waals surface area (Å²) in [6.07, 6.45) is 3.94. The number of anilines is 1. The summed E-state index contributed by atoms with van der Waals surface area (Å²) in [6, 6.07) is 14.4. The number of carbonyl (C=O) groups is 1. The molecule has 3 nitrogen and oxygen atoms in total. The number of phenols is 1. The average Bonchev–Trinajstić information content (AvgIpc) is 2.49. The van der Waals surface area contributed by atoms with Crippen LogP contribution in [0.2, 0.25) is 0 Å². The maximum Gasteiger partial charge on any atom is 0.187 e. The zero-order valence-corrected chi connectivity index (χ0v) is 11.3. The lowest BCUT2D eigenvalue weighted by Gasteiger charge is -2.03. The number of hydrogen-bond donors (Lipinski definition) is 2. The van der Waals surface area contributed by atoms with Crippen LogP contribution in [0, 0.1) is 0 Å². The van der Waals surface area contributed by atoms with Crippen molar-refractivity contribution in [3.05, 3.63) is 71.9 Å². The molecule has 2 rings (SSSR count). The van der Waals surface area contributed by atoms with Crippen LogP contribution in [0.3, 0.4) is 0 Å². The van der Waals surface area contributed by atoms with Gasteiger partial charge in [-0.1, -0.05) is 43.3 Å². The Morgan fingerprint density at radius 3 is 2.50 bits per heavy atom. The summed E-state index contributed by atoms with van der Waals surface area (Å²) >= 11 is 0. The van der Waals surface area contributed by atoms with E-state index in [1.807, 2.05) is 24.3 Å². The minimum Gasteiger partial charge on any atom is -0.506 e. The fourth-order valence-electron chi connectivity index (χ4n) is 1.80. The lowest BCUT2D eigenvalue weighted by molar-refractivity contribution is 0.104. The van der Waals surface area contributed by atoms with Crippen LogP contribution >= 0.6 is 0 Å². The number of ketones is 1. The summed E-state index contributed by atoms with van der Waals surface area (Å²) in [6.45, 7) is 2.08. The first-order chi connectivity index (χ1) is 9.70. The van der Waals surface area contributed by atoms with E-state index in [-0.39, 0.29) is 11.5 Å². The Morgan fingerprint density at radius 2 is 1.85 bits per heavy atom. The Morgan fingerprint density at radius 1 is 1.15 bits per heavy atom. The largest absolute Gasteiger partial charge is 0.506 e. The molecule has 0 aliphatic heterocycles. The van der Waals surface area contributed by atoms with Crippen LogP contribution in [-0.2, 0) is 6.42 Å². The van der Waals surface area contributed by atoms with Gasteiger partial charge in [-0.2, -0.15) is 0 Å². The normalized spacial score (nSPS) is 10.7. The lowest BCUT2D eigenvalue weighted by Crippen LogP contribution is -1.96. The van der Waals surface area contributed by atoms with E-state index in [0.717, 1.165) is 6.42 Å². The van der Waals surface area contributed by atoms with Crippen LogP contribution < -0.4 is 5.32 Å². The van der Waals surface area contributed by atoms with E-state index in [9.17, 15) is 9.90 Å². The van der Waals surface area contributed by atoms with Crippen molar-refractivity contribution >= 4 is 11.5 Å². The maximum absolute atomic E-state index is 11.9. The molecule has 3 heteroatoms. The van der Waals surface area contributed by atoms with Crippen molar-refractivity contribution in [2.24, 2.45) is 0 Å². The minimum absolute atomic E-state index is 0.0735. The second kappa shape index (κ2) is 6.57. The summed E-state index contributed by atoms with van der Waals surface area (Å²) in [5, 5.41) is 12.5. The van der Waals surface area contributed by atoms with Crippen molar-refractivity contribution in [1.82, 2.24) is 0 Å². The molecule has 102 valence electrons. The predicted octanol–water partition coefficient (Wildman–Crippen LogP) is 3.76. The zero-order chi connectivity index (χ0) is 14.4. The highest BCUT2D eigenvalue weighted by Crippen LogP contribution is 2.21. The van der Waals surface area contributed by atoms with E-state index in [4.69, 9.17) is 0 Å². The number of allylic oxidation sites excluding steroid dienone is 1. The monoisotopic (exact) mass is 267 g/mol. The van der Waals surface area contributed by atoms with Crippen molar-refractivity contribution in [2.45, 2.75) is 13.3 Å². The SMILES string of the molecule is CCc1ccc(C(=O)C=CNc2ccccc2O)cc1. The molecule has 0 bridgehead atoms. The van der Waals surface area contributed by atoms with Crippen LogP contribution in [0.1, 0.15) is 22.8 Å². The Hall–Kier alpha value is -2.55. The van der Waals surface area contributed by atoms with Crippen LogP contribution in [0.25, 0.3) is 0 Å². The first-order valence-electron chi connectivity index (χ1n) is 6.55. The van der Waals surface area contributed by atoms with E-state index in [0.29, 0.717) is 11.3 Å². The quantitative estimate of drug-likeness (QED) is 0.492. The molecule has 0 amide bonds. The van der Waals surface area contributed by atoms with Gasteiger partial charge in [-0.05, 0) is 24.1 Å². The van der Waals surface area contributed by atoms with Gasteiger partial charge in [0.2, 0.25) is 0 Å². The van der Waals surface area contributed by atoms with E-state index < -0.39 is 0 Å². The van der Waals surface area contributed by atoms with E-state index in [1.54, 1.807) is 24.3 Å². The number of para-hydroxylation sites is 2. The molecule has 2 aromatic rings. The first kappa shape index (κ1) is 13.9. The Balaban J connectivity index is 2.00. The summed E-state index contributed by atoms with van der Waals surface area (Å²) in [5.41, 5.74) is 2.42. The lowest BCUT2D eigenvalue weighted by atomic mass is 10.1. The third-order valence-corrected chi connectivity index (χ3v) is 3.02. The Labute approximate surface area is 118 Å². The molecular weight excluding hydrogens is 250 g/mol. The van der Waals surface area contributed by atoms with E-state index in [1.165, 1.54) is 17.8 Å². The van der Waals surface area contributed by atoms with Crippen molar-refractivity contribution in [1.29, 1.82) is 0 Å². The Kier molecular flexibility index (Phi) is 4.56. The predicted molar refractivity (Wildman–Crippen MR) is 81.0 cm³/mol. The van der Waals surface area contributed by atoms with Crippen molar-refractivity contribution in [3.8, 4) is 5.75 Å². The van der Waals surface area contributed by atoms with Gasteiger partial charge in [0.15, 0.2) is 5.78 Å². The molecule has 0 aliphatic rings.